The van der Waals surface area contributed by atoms with Gasteiger partial charge < -0.3 is 21.1 Å². The number of nitrogens with two attached hydrogens (primary N) is 1. The third kappa shape index (κ3) is 33.0. The molecule has 47 heavy (non-hydrogen) atoms. The number of phosphoric ester groups is 1. The zero-order chi connectivity index (χ0) is 34.7. The third-order valence-electron chi connectivity index (χ3n) is 8.19. The number of amides is 1. The topological polar surface area (TPSA) is 131 Å². The van der Waals surface area contributed by atoms with E-state index < -0.39 is 20.0 Å². The lowest BCUT2D eigenvalue weighted by Crippen LogP contribution is -2.45. The highest BCUT2D eigenvalue weighted by Gasteiger charge is 2.26. The molecule has 8 nitrogen and oxygen atoms in total. The van der Waals surface area contributed by atoms with Crippen molar-refractivity contribution < 1.29 is 28.4 Å². The third-order valence-corrected chi connectivity index (χ3v) is 9.18. The molecule has 3 unspecified atom stereocenters. The predicted octanol–water partition coefficient (Wildman–Crippen LogP) is 10.00. The number of allylic oxidation sites excluding steroid dienone is 5. The van der Waals surface area contributed by atoms with Crippen molar-refractivity contribution in [3.8, 4) is 0 Å². The maximum atomic E-state index is 12.7. The Labute approximate surface area is 289 Å². The lowest BCUT2D eigenvalue weighted by atomic mass is 10.0. The van der Waals surface area contributed by atoms with Gasteiger partial charge in [-0.1, -0.05) is 153 Å². The minimum absolute atomic E-state index is 0.0754. The Hall–Kier alpha value is -1.28. The fourth-order valence-corrected chi connectivity index (χ4v) is 6.05. The molecule has 0 saturated carbocycles. The molecule has 0 spiro atoms. The molecule has 0 aromatic carbocycles. The van der Waals surface area contributed by atoms with E-state index in [1.54, 1.807) is 6.08 Å². The number of hydrogen-bond acceptors (Lipinski definition) is 6. The van der Waals surface area contributed by atoms with Gasteiger partial charge in [0.25, 0.3) is 0 Å². The van der Waals surface area contributed by atoms with Crippen LogP contribution in [-0.2, 0) is 18.4 Å². The van der Waals surface area contributed by atoms with Crippen LogP contribution in [0.5, 0.6) is 0 Å². The normalized spacial score (nSPS) is 14.7. The van der Waals surface area contributed by atoms with E-state index >= 15 is 0 Å². The second kappa shape index (κ2) is 34.6. The van der Waals surface area contributed by atoms with Crippen LogP contribution in [-0.4, -0.2) is 47.8 Å². The second-order valence-electron chi connectivity index (χ2n) is 12.8. The molecule has 0 aromatic rings. The summed E-state index contributed by atoms with van der Waals surface area (Å²) in [6.07, 6.45) is 39.0. The van der Waals surface area contributed by atoms with Crippen LogP contribution >= 0.6 is 7.82 Å². The predicted molar refractivity (Wildman–Crippen MR) is 198 cm³/mol. The summed E-state index contributed by atoms with van der Waals surface area (Å²) in [5.74, 6) is -0.211. The van der Waals surface area contributed by atoms with E-state index in [4.69, 9.17) is 14.8 Å². The molecular formula is C38H73N2O6P. The molecule has 0 saturated heterocycles. The summed E-state index contributed by atoms with van der Waals surface area (Å²) in [6.45, 7) is 4.04. The highest BCUT2D eigenvalue weighted by Crippen LogP contribution is 2.43. The van der Waals surface area contributed by atoms with Gasteiger partial charge in [-0.2, -0.15) is 0 Å². The zero-order valence-electron chi connectivity index (χ0n) is 30.3. The van der Waals surface area contributed by atoms with Crippen molar-refractivity contribution >= 4 is 13.7 Å². The summed E-state index contributed by atoms with van der Waals surface area (Å²) >= 11 is 0. The van der Waals surface area contributed by atoms with E-state index in [9.17, 15) is 19.4 Å². The summed E-state index contributed by atoms with van der Waals surface area (Å²) in [7, 11) is -4.33. The molecule has 0 aliphatic heterocycles. The van der Waals surface area contributed by atoms with Crippen LogP contribution in [0.1, 0.15) is 168 Å². The lowest BCUT2D eigenvalue weighted by molar-refractivity contribution is -0.123. The fraction of sp³-hybridized carbons (Fsp3) is 0.816. The number of hydrogen-bond donors (Lipinski definition) is 4. The number of phosphoric acid groups is 1. The summed E-state index contributed by atoms with van der Waals surface area (Å²) in [5.41, 5.74) is 5.35. The van der Waals surface area contributed by atoms with Crippen molar-refractivity contribution in [1.82, 2.24) is 5.32 Å². The maximum absolute atomic E-state index is 12.7. The molecule has 0 aromatic heterocycles. The first-order valence-corrected chi connectivity index (χ1v) is 20.6. The first-order valence-electron chi connectivity index (χ1n) is 19.1. The van der Waals surface area contributed by atoms with Crippen molar-refractivity contribution in [2.45, 2.75) is 180 Å². The first kappa shape index (κ1) is 45.7. The van der Waals surface area contributed by atoms with Crippen molar-refractivity contribution in [2.24, 2.45) is 5.73 Å². The molecule has 5 N–H and O–H groups in total. The molecule has 0 aliphatic carbocycles. The van der Waals surface area contributed by atoms with E-state index in [1.165, 1.54) is 77.0 Å². The van der Waals surface area contributed by atoms with Gasteiger partial charge in [0.15, 0.2) is 0 Å². The van der Waals surface area contributed by atoms with E-state index in [0.717, 1.165) is 70.6 Å². The summed E-state index contributed by atoms with van der Waals surface area (Å²) < 4.78 is 22.0. The van der Waals surface area contributed by atoms with Crippen molar-refractivity contribution in [2.75, 3.05) is 19.8 Å². The van der Waals surface area contributed by atoms with E-state index in [0.29, 0.717) is 6.42 Å². The van der Waals surface area contributed by atoms with Gasteiger partial charge in [0.1, 0.15) is 0 Å². The summed E-state index contributed by atoms with van der Waals surface area (Å²) in [4.78, 5) is 22.6. The van der Waals surface area contributed by atoms with Crippen LogP contribution in [0.2, 0.25) is 0 Å². The lowest BCUT2D eigenvalue weighted by Gasteiger charge is -2.23. The molecule has 3 atom stereocenters. The molecule has 0 heterocycles. The number of carbonyl (C=O) groups excluding carboxylic acids is 1. The number of nitrogens with one attached hydrogen (secondary N) is 1. The molecule has 9 heteroatoms. The van der Waals surface area contributed by atoms with Crippen LogP contribution in [0.3, 0.4) is 0 Å². The molecule has 0 rings (SSSR count). The Morgan fingerprint density at radius 3 is 1.77 bits per heavy atom. The van der Waals surface area contributed by atoms with E-state index in [-0.39, 0.29) is 25.7 Å². The molecule has 276 valence electrons. The Kier molecular flexibility index (Phi) is 33.6. The number of carbonyl (C=O) groups is 1. The molecule has 0 bridgehead atoms. The molecule has 0 radical (unpaired) electrons. The smallest absolute Gasteiger partial charge is 0.387 e. The molecule has 1 amide bonds. The Bertz CT molecular complexity index is 835. The van der Waals surface area contributed by atoms with Gasteiger partial charge in [-0.15, -0.1) is 0 Å². The standard InChI is InChI=1S/C38H73N2O6P/c1-3-5-7-9-11-13-15-17-18-20-21-23-25-27-29-31-37(41)36(35-46-47(43,44)45-34-33-39)40-38(42)32-30-28-26-24-22-19-16-14-12-10-8-6-4-2/h8,10,14,16,29,31,36-37,41H,3-7,9,11-13,15,17-28,30,32-35,39H2,1-2H3,(H,40,42)(H,43,44)/b10-8-,16-14-,31-29+. The molecule has 0 aliphatic rings. The van der Waals surface area contributed by atoms with Crippen molar-refractivity contribution in [3.05, 3.63) is 36.5 Å². The number of aliphatic hydroxyl groups is 1. The highest BCUT2D eigenvalue weighted by atomic mass is 31.2. The van der Waals surface area contributed by atoms with Gasteiger partial charge in [0, 0.05) is 13.0 Å². The van der Waals surface area contributed by atoms with Gasteiger partial charge in [-0.25, -0.2) is 4.57 Å². The quantitative estimate of drug-likeness (QED) is 0.0297. The van der Waals surface area contributed by atoms with Gasteiger partial charge in [0.05, 0.1) is 25.4 Å². The average molecular weight is 685 g/mol. The Morgan fingerprint density at radius 1 is 0.702 bits per heavy atom. The number of aliphatic hydroxyl groups excluding tert-OH is 1. The van der Waals surface area contributed by atoms with Crippen LogP contribution in [0.25, 0.3) is 0 Å². The van der Waals surface area contributed by atoms with Crippen LogP contribution in [0.4, 0.5) is 0 Å². The van der Waals surface area contributed by atoms with E-state index in [1.807, 2.05) is 6.08 Å². The minimum Gasteiger partial charge on any atom is -0.387 e. The van der Waals surface area contributed by atoms with Crippen LogP contribution in [0, 0.1) is 0 Å². The van der Waals surface area contributed by atoms with Crippen molar-refractivity contribution in [3.63, 3.8) is 0 Å². The summed E-state index contributed by atoms with van der Waals surface area (Å²) in [6, 6.07) is -0.865. The first-order chi connectivity index (χ1) is 22.9. The average Bonchev–Trinajstić information content (AvgIpc) is 3.05. The summed E-state index contributed by atoms with van der Waals surface area (Å²) in [5, 5.41) is 13.6. The van der Waals surface area contributed by atoms with Gasteiger partial charge in [-0.05, 0) is 44.9 Å². The minimum atomic E-state index is -4.33. The molecular weight excluding hydrogens is 611 g/mol. The highest BCUT2D eigenvalue weighted by molar-refractivity contribution is 7.47. The van der Waals surface area contributed by atoms with Gasteiger partial charge >= 0.3 is 7.82 Å². The second-order valence-corrected chi connectivity index (χ2v) is 14.2. The SMILES string of the molecule is CCC/C=C\C/C=C\CCCCCCCC(=O)NC(COP(=O)(O)OCCN)C(O)/C=C/CCCCCCCCCCCCCCC. The van der Waals surface area contributed by atoms with Crippen LogP contribution < -0.4 is 11.1 Å². The van der Waals surface area contributed by atoms with Crippen LogP contribution in [0.15, 0.2) is 36.5 Å². The van der Waals surface area contributed by atoms with Gasteiger partial charge in [-0.3, -0.25) is 13.8 Å². The largest absolute Gasteiger partial charge is 0.472 e. The van der Waals surface area contributed by atoms with E-state index in [2.05, 4.69) is 43.5 Å². The number of unbranched alkanes of at least 4 members (excludes halogenated alkanes) is 19. The fourth-order valence-electron chi connectivity index (χ4n) is 5.29. The number of rotatable bonds is 35. The zero-order valence-corrected chi connectivity index (χ0v) is 31.2. The molecule has 0 fully saturated rings. The Morgan fingerprint density at radius 2 is 1.21 bits per heavy atom. The monoisotopic (exact) mass is 685 g/mol. The maximum Gasteiger partial charge on any atom is 0.472 e. The Balaban J connectivity index is 4.34. The van der Waals surface area contributed by atoms with Crippen molar-refractivity contribution in [1.29, 1.82) is 0 Å². The van der Waals surface area contributed by atoms with Gasteiger partial charge in [0.2, 0.25) is 5.91 Å².